The van der Waals surface area contributed by atoms with Crippen molar-refractivity contribution < 1.29 is 23.1 Å². The SMILES string of the molecule is O=C(O)N(CC(Cl)(Cl)Cl)c1cc(C(F)(F)F)cnc1-c1cccnc1. The summed E-state index contributed by atoms with van der Waals surface area (Å²) in [6, 6.07) is 3.68. The summed E-state index contributed by atoms with van der Waals surface area (Å²) in [6.45, 7) is -0.691. The van der Waals surface area contributed by atoms with E-state index in [1.807, 2.05) is 0 Å². The van der Waals surface area contributed by atoms with Gasteiger partial charge in [0, 0.05) is 24.2 Å². The fraction of sp³-hybridized carbons (Fsp3) is 0.214. The number of pyridine rings is 2. The van der Waals surface area contributed by atoms with E-state index in [1.165, 1.54) is 24.5 Å². The van der Waals surface area contributed by atoms with Gasteiger partial charge in [-0.2, -0.15) is 13.2 Å². The molecule has 2 heterocycles. The molecule has 0 saturated carbocycles. The second-order valence-corrected chi connectivity index (χ2v) is 7.33. The van der Waals surface area contributed by atoms with Crippen LogP contribution < -0.4 is 4.90 Å². The van der Waals surface area contributed by atoms with Crippen LogP contribution in [0.5, 0.6) is 0 Å². The Labute approximate surface area is 155 Å². The Morgan fingerprint density at radius 3 is 2.40 bits per heavy atom. The van der Waals surface area contributed by atoms with Crippen LogP contribution >= 0.6 is 34.8 Å². The van der Waals surface area contributed by atoms with Gasteiger partial charge in [-0.05, 0) is 18.2 Å². The number of alkyl halides is 6. The molecule has 1 amide bonds. The lowest BCUT2D eigenvalue weighted by Gasteiger charge is -2.25. The highest BCUT2D eigenvalue weighted by Crippen LogP contribution is 2.38. The van der Waals surface area contributed by atoms with Gasteiger partial charge in [0.15, 0.2) is 0 Å². The first kappa shape index (κ1) is 19.6. The van der Waals surface area contributed by atoms with E-state index in [1.54, 1.807) is 0 Å². The number of hydrogen-bond donors (Lipinski definition) is 1. The number of amides is 1. The molecule has 2 aromatic heterocycles. The van der Waals surface area contributed by atoms with E-state index in [0.717, 1.165) is 0 Å². The van der Waals surface area contributed by atoms with Crippen molar-refractivity contribution in [2.75, 3.05) is 11.4 Å². The molecular weight excluding hydrogens is 406 g/mol. The first-order valence-electron chi connectivity index (χ1n) is 6.54. The smallest absolute Gasteiger partial charge is 0.417 e. The van der Waals surface area contributed by atoms with Gasteiger partial charge in [0.25, 0.3) is 0 Å². The van der Waals surface area contributed by atoms with E-state index in [4.69, 9.17) is 34.8 Å². The first-order chi connectivity index (χ1) is 11.5. The fourth-order valence-electron chi connectivity index (χ4n) is 1.97. The van der Waals surface area contributed by atoms with Crippen LogP contribution in [0.2, 0.25) is 0 Å². The second-order valence-electron chi connectivity index (χ2n) is 4.82. The molecule has 5 nitrogen and oxygen atoms in total. The third kappa shape index (κ3) is 5.10. The number of hydrogen-bond acceptors (Lipinski definition) is 3. The average Bonchev–Trinajstić information content (AvgIpc) is 2.51. The molecule has 0 aliphatic carbocycles. The van der Waals surface area contributed by atoms with E-state index in [2.05, 4.69) is 9.97 Å². The maximum atomic E-state index is 13.0. The molecule has 2 rings (SSSR count). The van der Waals surface area contributed by atoms with E-state index >= 15 is 0 Å². The summed E-state index contributed by atoms with van der Waals surface area (Å²) in [4.78, 5) is 19.6. The molecule has 0 spiro atoms. The predicted octanol–water partition coefficient (Wildman–Crippen LogP) is 5.02. The molecule has 134 valence electrons. The van der Waals surface area contributed by atoms with Gasteiger partial charge >= 0.3 is 12.3 Å². The first-order valence-corrected chi connectivity index (χ1v) is 7.67. The van der Waals surface area contributed by atoms with Gasteiger partial charge < -0.3 is 5.11 Å². The normalized spacial score (nSPS) is 12.1. The van der Waals surface area contributed by atoms with Gasteiger partial charge in [0.05, 0.1) is 23.5 Å². The summed E-state index contributed by atoms with van der Waals surface area (Å²) in [5.74, 6) is 0. The van der Waals surface area contributed by atoms with Crippen molar-refractivity contribution in [3.05, 3.63) is 42.4 Å². The molecule has 0 atom stereocenters. The molecule has 2 aromatic rings. The Hall–Kier alpha value is -1.77. The number of halogens is 6. The van der Waals surface area contributed by atoms with Crippen LogP contribution in [-0.2, 0) is 6.18 Å². The monoisotopic (exact) mass is 413 g/mol. The largest absolute Gasteiger partial charge is 0.465 e. The molecule has 0 aliphatic heterocycles. The lowest BCUT2D eigenvalue weighted by molar-refractivity contribution is -0.137. The zero-order valence-corrected chi connectivity index (χ0v) is 14.4. The summed E-state index contributed by atoms with van der Waals surface area (Å²) < 4.78 is 37.0. The number of carboxylic acid groups (broad SMARTS) is 1. The molecule has 0 radical (unpaired) electrons. The maximum Gasteiger partial charge on any atom is 0.417 e. The van der Waals surface area contributed by atoms with E-state index in [9.17, 15) is 23.1 Å². The molecule has 0 aliphatic rings. The van der Waals surface area contributed by atoms with Crippen molar-refractivity contribution in [3.63, 3.8) is 0 Å². The fourth-order valence-corrected chi connectivity index (χ4v) is 2.33. The topological polar surface area (TPSA) is 66.3 Å². The minimum atomic E-state index is -4.72. The third-order valence-electron chi connectivity index (χ3n) is 2.99. The van der Waals surface area contributed by atoms with Crippen LogP contribution in [0, 0.1) is 0 Å². The van der Waals surface area contributed by atoms with Gasteiger partial charge in [-0.1, -0.05) is 34.8 Å². The molecule has 1 N–H and O–H groups in total. The highest BCUT2D eigenvalue weighted by Gasteiger charge is 2.35. The molecular formula is C14H9Cl3F3N3O2. The van der Waals surface area contributed by atoms with E-state index in [-0.39, 0.29) is 11.4 Å². The minimum Gasteiger partial charge on any atom is -0.465 e. The minimum absolute atomic E-state index is 0.0437. The second kappa shape index (κ2) is 7.23. The molecule has 0 unspecified atom stereocenters. The van der Waals surface area contributed by atoms with Crippen LogP contribution in [-0.4, -0.2) is 31.5 Å². The van der Waals surface area contributed by atoms with Crippen LogP contribution in [0.25, 0.3) is 11.3 Å². The number of carbonyl (C=O) groups is 1. The lowest BCUT2D eigenvalue weighted by Crippen LogP contribution is -2.37. The Morgan fingerprint density at radius 2 is 1.92 bits per heavy atom. The van der Waals surface area contributed by atoms with Crippen molar-refractivity contribution >= 4 is 46.6 Å². The zero-order valence-electron chi connectivity index (χ0n) is 12.1. The van der Waals surface area contributed by atoms with Crippen molar-refractivity contribution in [2.45, 2.75) is 9.97 Å². The van der Waals surface area contributed by atoms with Crippen LogP contribution in [0.1, 0.15) is 5.56 Å². The van der Waals surface area contributed by atoms with Gasteiger partial charge in [-0.3, -0.25) is 14.9 Å². The quantitative estimate of drug-likeness (QED) is 0.717. The van der Waals surface area contributed by atoms with Crippen LogP contribution in [0.4, 0.5) is 23.7 Å². The average molecular weight is 415 g/mol. The van der Waals surface area contributed by atoms with E-state index < -0.39 is 28.2 Å². The predicted molar refractivity (Wildman–Crippen MR) is 88.1 cm³/mol. The highest BCUT2D eigenvalue weighted by atomic mass is 35.6. The van der Waals surface area contributed by atoms with Gasteiger partial charge in [0.2, 0.25) is 3.79 Å². The molecule has 25 heavy (non-hydrogen) atoms. The Kier molecular flexibility index (Phi) is 5.65. The van der Waals surface area contributed by atoms with Gasteiger partial charge in [-0.15, -0.1) is 0 Å². The van der Waals surface area contributed by atoms with Gasteiger partial charge in [0.1, 0.15) is 0 Å². The standard InChI is InChI=1S/C14H9Cl3F3N3O2/c15-13(16,17)7-23(12(24)25)10-4-9(14(18,19)20)6-22-11(10)8-2-1-3-21-5-8/h1-6H,7H2,(H,24,25). The third-order valence-corrected chi connectivity index (χ3v) is 3.35. The number of anilines is 1. The van der Waals surface area contributed by atoms with Crippen molar-refractivity contribution in [1.29, 1.82) is 0 Å². The summed E-state index contributed by atoms with van der Waals surface area (Å²) in [7, 11) is 0. The number of nitrogens with zero attached hydrogens (tertiary/aromatic N) is 3. The zero-order chi connectivity index (χ0) is 18.8. The lowest BCUT2D eigenvalue weighted by atomic mass is 10.1. The summed E-state index contributed by atoms with van der Waals surface area (Å²) >= 11 is 16.9. The van der Waals surface area contributed by atoms with Crippen molar-refractivity contribution in [2.24, 2.45) is 0 Å². The summed E-state index contributed by atoms with van der Waals surface area (Å²) in [5.41, 5.74) is -1.24. The van der Waals surface area contributed by atoms with Crippen molar-refractivity contribution in [1.82, 2.24) is 9.97 Å². The molecule has 0 fully saturated rings. The van der Waals surface area contributed by atoms with Crippen LogP contribution in [0.3, 0.4) is 0 Å². The summed E-state index contributed by atoms with van der Waals surface area (Å²) in [6.07, 6.45) is -2.95. The Balaban J connectivity index is 2.67. The summed E-state index contributed by atoms with van der Waals surface area (Å²) in [5, 5.41) is 9.38. The molecule has 11 heteroatoms. The van der Waals surface area contributed by atoms with E-state index in [0.29, 0.717) is 22.7 Å². The van der Waals surface area contributed by atoms with Gasteiger partial charge in [-0.25, -0.2) is 4.79 Å². The highest BCUT2D eigenvalue weighted by molar-refractivity contribution is 6.68. The van der Waals surface area contributed by atoms with Crippen molar-refractivity contribution in [3.8, 4) is 11.3 Å². The number of rotatable bonds is 3. The number of aromatic nitrogens is 2. The molecule has 0 bridgehead atoms. The molecule has 0 saturated heterocycles. The molecule has 0 aromatic carbocycles. The Bertz CT molecular complexity index is 767. The Morgan fingerprint density at radius 1 is 1.24 bits per heavy atom. The van der Waals surface area contributed by atoms with Crippen LogP contribution in [0.15, 0.2) is 36.8 Å². The maximum absolute atomic E-state index is 13.0.